The van der Waals surface area contributed by atoms with Crippen LogP contribution in [-0.4, -0.2) is 29.0 Å². The van der Waals surface area contributed by atoms with E-state index in [1.165, 1.54) is 11.8 Å². The number of hydrogen-bond donors (Lipinski definition) is 1. The fourth-order valence-electron chi connectivity index (χ4n) is 2.40. The van der Waals surface area contributed by atoms with Gasteiger partial charge < -0.3 is 14.5 Å². The van der Waals surface area contributed by atoms with Crippen LogP contribution in [0.25, 0.3) is 11.5 Å². The molecular weight excluding hydrogens is 350 g/mol. The topological polar surface area (TPSA) is 77.2 Å². The zero-order valence-corrected chi connectivity index (χ0v) is 15.4. The molecule has 2 aromatic carbocycles. The number of thioether (sulfide) groups is 1. The lowest BCUT2D eigenvalue weighted by Crippen LogP contribution is -2.15. The summed E-state index contributed by atoms with van der Waals surface area (Å²) in [5, 5.41) is 11.3. The molecule has 3 aromatic rings. The molecule has 1 N–H and O–H groups in total. The summed E-state index contributed by atoms with van der Waals surface area (Å²) in [6, 6.07) is 15.1. The van der Waals surface area contributed by atoms with Crippen LogP contribution < -0.4 is 10.1 Å². The van der Waals surface area contributed by atoms with Crippen molar-refractivity contribution in [2.75, 3.05) is 18.2 Å². The molecule has 0 unspecified atom stereocenters. The number of nitrogens with one attached hydrogen (secondary N) is 1. The van der Waals surface area contributed by atoms with Crippen molar-refractivity contribution in [1.29, 1.82) is 0 Å². The van der Waals surface area contributed by atoms with Gasteiger partial charge in [-0.25, -0.2) is 0 Å². The molecule has 3 rings (SSSR count). The summed E-state index contributed by atoms with van der Waals surface area (Å²) in [7, 11) is 1.60. The van der Waals surface area contributed by atoms with Gasteiger partial charge in [-0.05, 0) is 36.2 Å². The van der Waals surface area contributed by atoms with Crippen molar-refractivity contribution < 1.29 is 13.9 Å². The van der Waals surface area contributed by atoms with Crippen LogP contribution in [0.5, 0.6) is 5.75 Å². The van der Waals surface area contributed by atoms with E-state index in [-0.39, 0.29) is 11.7 Å². The van der Waals surface area contributed by atoms with Gasteiger partial charge in [0.05, 0.1) is 12.9 Å². The number of nitrogens with zero attached hydrogens (tertiary/aromatic N) is 2. The minimum atomic E-state index is -0.114. The molecule has 0 saturated heterocycles. The Bertz CT molecular complexity index is 895. The Balaban J connectivity index is 1.60. The molecule has 1 heterocycles. The number of benzene rings is 2. The fraction of sp³-hybridized carbons (Fsp3) is 0.211. The van der Waals surface area contributed by atoms with E-state index in [4.69, 9.17) is 9.15 Å². The zero-order chi connectivity index (χ0) is 18.4. The number of amides is 1. The van der Waals surface area contributed by atoms with E-state index in [2.05, 4.69) is 22.4 Å². The molecule has 134 valence electrons. The van der Waals surface area contributed by atoms with Crippen LogP contribution >= 0.6 is 11.8 Å². The summed E-state index contributed by atoms with van der Waals surface area (Å²) in [5.74, 6) is 1.18. The molecule has 1 amide bonds. The van der Waals surface area contributed by atoms with Crippen LogP contribution in [0, 0.1) is 0 Å². The van der Waals surface area contributed by atoms with Gasteiger partial charge in [-0.2, -0.15) is 0 Å². The number of methoxy groups -OCH3 is 1. The highest BCUT2D eigenvalue weighted by Crippen LogP contribution is 2.26. The molecule has 1 aromatic heterocycles. The van der Waals surface area contributed by atoms with Gasteiger partial charge >= 0.3 is 0 Å². The number of ether oxygens (including phenoxy) is 1. The van der Waals surface area contributed by atoms with Crippen LogP contribution in [0.2, 0.25) is 0 Å². The van der Waals surface area contributed by atoms with E-state index in [0.717, 1.165) is 23.2 Å². The normalized spacial score (nSPS) is 10.5. The first-order chi connectivity index (χ1) is 12.7. The van der Waals surface area contributed by atoms with Crippen molar-refractivity contribution in [1.82, 2.24) is 10.2 Å². The highest BCUT2D eigenvalue weighted by atomic mass is 32.2. The van der Waals surface area contributed by atoms with Crippen LogP contribution in [0.15, 0.2) is 58.2 Å². The maximum absolute atomic E-state index is 12.2. The van der Waals surface area contributed by atoms with Gasteiger partial charge in [-0.15, -0.1) is 10.2 Å². The Morgan fingerprint density at radius 2 is 2.04 bits per heavy atom. The molecule has 0 aliphatic carbocycles. The third kappa shape index (κ3) is 4.43. The van der Waals surface area contributed by atoms with Gasteiger partial charge in [0.1, 0.15) is 5.75 Å². The summed E-state index contributed by atoms with van der Waals surface area (Å²) in [6.45, 7) is 2.05. The van der Waals surface area contributed by atoms with Crippen molar-refractivity contribution in [2.45, 2.75) is 18.6 Å². The molecule has 0 atom stereocenters. The Labute approximate surface area is 156 Å². The summed E-state index contributed by atoms with van der Waals surface area (Å²) in [5.41, 5.74) is 2.71. The zero-order valence-electron chi connectivity index (χ0n) is 14.6. The molecule has 0 bridgehead atoms. The summed E-state index contributed by atoms with van der Waals surface area (Å²) < 4.78 is 10.8. The number of aryl methyl sites for hydroxylation is 1. The minimum absolute atomic E-state index is 0.114. The third-order valence-electron chi connectivity index (χ3n) is 3.72. The second-order valence-electron chi connectivity index (χ2n) is 5.45. The van der Waals surface area contributed by atoms with Gasteiger partial charge in [0.25, 0.3) is 5.22 Å². The average Bonchev–Trinajstić information content (AvgIpc) is 3.16. The second-order valence-corrected chi connectivity index (χ2v) is 6.38. The van der Waals surface area contributed by atoms with Gasteiger partial charge in [0.15, 0.2) is 0 Å². The summed E-state index contributed by atoms with van der Waals surface area (Å²) in [6.07, 6.45) is 0.858. The average molecular weight is 369 g/mol. The van der Waals surface area contributed by atoms with Crippen LogP contribution in [0.1, 0.15) is 12.5 Å². The monoisotopic (exact) mass is 369 g/mol. The van der Waals surface area contributed by atoms with E-state index >= 15 is 0 Å². The minimum Gasteiger partial charge on any atom is -0.497 e. The first kappa shape index (κ1) is 18.0. The standard InChI is InChI=1S/C19H19N3O3S/c1-3-13-7-4-5-10-16(13)20-17(23)12-26-19-22-21-18(25-19)14-8-6-9-15(11-14)24-2/h4-11H,3,12H2,1-2H3,(H,20,23). The second kappa shape index (κ2) is 8.53. The number of hydrogen-bond acceptors (Lipinski definition) is 6. The van der Waals surface area contributed by atoms with Gasteiger partial charge in [0, 0.05) is 11.3 Å². The molecule has 6 nitrogen and oxygen atoms in total. The number of anilines is 1. The van der Waals surface area contributed by atoms with Gasteiger partial charge in [-0.1, -0.05) is 43.0 Å². The Hall–Kier alpha value is -2.80. The molecule has 0 saturated carbocycles. The highest BCUT2D eigenvalue weighted by molar-refractivity contribution is 7.99. The Morgan fingerprint density at radius 3 is 2.85 bits per heavy atom. The summed E-state index contributed by atoms with van der Waals surface area (Å²) in [4.78, 5) is 12.2. The van der Waals surface area contributed by atoms with Crippen molar-refractivity contribution in [3.8, 4) is 17.2 Å². The number of carbonyl (C=O) groups excluding carboxylic acids is 1. The molecular formula is C19H19N3O3S. The SMILES string of the molecule is CCc1ccccc1NC(=O)CSc1nnc(-c2cccc(OC)c2)o1. The fourth-order valence-corrected chi connectivity index (χ4v) is 2.97. The van der Waals surface area contributed by atoms with E-state index < -0.39 is 0 Å². The van der Waals surface area contributed by atoms with Gasteiger partial charge in [0.2, 0.25) is 11.8 Å². The molecule has 0 aliphatic rings. The molecule has 0 aliphatic heterocycles. The van der Waals surface area contributed by atoms with E-state index in [0.29, 0.717) is 16.9 Å². The lowest BCUT2D eigenvalue weighted by Gasteiger charge is -2.08. The quantitative estimate of drug-likeness (QED) is 0.634. The van der Waals surface area contributed by atoms with Crippen molar-refractivity contribution in [2.24, 2.45) is 0 Å². The number of aromatic nitrogens is 2. The molecule has 0 spiro atoms. The van der Waals surface area contributed by atoms with Crippen LogP contribution in [0.3, 0.4) is 0 Å². The number of para-hydroxylation sites is 1. The van der Waals surface area contributed by atoms with E-state index in [9.17, 15) is 4.79 Å². The van der Waals surface area contributed by atoms with E-state index in [1.54, 1.807) is 7.11 Å². The maximum atomic E-state index is 12.2. The molecule has 26 heavy (non-hydrogen) atoms. The molecule has 7 heteroatoms. The van der Waals surface area contributed by atoms with Gasteiger partial charge in [-0.3, -0.25) is 4.79 Å². The van der Waals surface area contributed by atoms with Crippen LogP contribution in [-0.2, 0) is 11.2 Å². The predicted octanol–water partition coefficient (Wildman–Crippen LogP) is 4.04. The Morgan fingerprint density at radius 1 is 1.19 bits per heavy atom. The first-order valence-electron chi connectivity index (χ1n) is 8.18. The van der Waals surface area contributed by atoms with Crippen molar-refractivity contribution >= 4 is 23.4 Å². The lowest BCUT2D eigenvalue weighted by molar-refractivity contribution is -0.113. The lowest BCUT2D eigenvalue weighted by atomic mass is 10.1. The summed E-state index contributed by atoms with van der Waals surface area (Å²) >= 11 is 1.20. The van der Waals surface area contributed by atoms with Crippen LogP contribution in [0.4, 0.5) is 5.69 Å². The number of carbonyl (C=O) groups is 1. The highest BCUT2D eigenvalue weighted by Gasteiger charge is 2.12. The smallest absolute Gasteiger partial charge is 0.277 e. The number of rotatable bonds is 7. The van der Waals surface area contributed by atoms with Crippen molar-refractivity contribution in [3.63, 3.8) is 0 Å². The third-order valence-corrected chi connectivity index (χ3v) is 4.54. The first-order valence-corrected chi connectivity index (χ1v) is 9.16. The molecule has 0 radical (unpaired) electrons. The van der Waals surface area contributed by atoms with E-state index in [1.807, 2.05) is 48.5 Å². The Kier molecular flexibility index (Phi) is 5.91. The van der Waals surface area contributed by atoms with Crippen molar-refractivity contribution in [3.05, 3.63) is 54.1 Å². The molecule has 0 fully saturated rings. The maximum Gasteiger partial charge on any atom is 0.277 e. The predicted molar refractivity (Wildman–Crippen MR) is 101 cm³/mol. The largest absolute Gasteiger partial charge is 0.497 e.